The minimum absolute atomic E-state index is 0.0469. The van der Waals surface area contributed by atoms with Gasteiger partial charge in [-0.2, -0.15) is 0 Å². The van der Waals surface area contributed by atoms with E-state index in [1.165, 1.54) is 6.07 Å². The number of piperidine rings is 1. The number of carbonyl (C=O) groups is 2. The van der Waals surface area contributed by atoms with Gasteiger partial charge in [0.25, 0.3) is 5.91 Å². The molecular formula is C26H34ClN3O5S. The summed E-state index contributed by atoms with van der Waals surface area (Å²) in [6, 6.07) is 10.9. The van der Waals surface area contributed by atoms with Crippen LogP contribution in [0.4, 0.5) is 0 Å². The van der Waals surface area contributed by atoms with Crippen molar-refractivity contribution in [2.24, 2.45) is 11.3 Å². The lowest BCUT2D eigenvalue weighted by molar-refractivity contribution is -0.155. The molecule has 3 rings (SSSR count). The van der Waals surface area contributed by atoms with Crippen molar-refractivity contribution in [2.75, 3.05) is 19.3 Å². The number of sulfone groups is 1. The number of aromatic nitrogens is 1. The van der Waals surface area contributed by atoms with E-state index in [1.54, 1.807) is 29.2 Å². The molecule has 1 saturated heterocycles. The number of rotatable bonds is 7. The van der Waals surface area contributed by atoms with E-state index in [2.05, 4.69) is 10.3 Å². The first kappa shape index (κ1) is 28.1. The normalized spacial score (nSPS) is 20.7. The first-order valence-corrected chi connectivity index (χ1v) is 14.3. The second kappa shape index (κ2) is 10.5. The molecule has 2 aromatic rings. The van der Waals surface area contributed by atoms with Crippen LogP contribution in [-0.2, 0) is 26.0 Å². The Bertz CT molecular complexity index is 1230. The molecule has 8 nitrogen and oxygen atoms in total. The predicted molar refractivity (Wildman–Crippen MR) is 139 cm³/mol. The van der Waals surface area contributed by atoms with Gasteiger partial charge in [0.05, 0.1) is 17.0 Å². The molecular weight excluding hydrogens is 502 g/mol. The standard InChI is InChI=1S/C26H34ClN3O5S/c1-17(2)22(29-23(31)21-8-6-7-20(28-21)15-36(5,34)35)24(32)30-14-13-26(33,25(3,4)16-30)18-9-11-19(27)12-10-18/h6-12,17,22,33H,13-16H2,1-5H3,(H,29,31)/t22-,26+/m1/s1. The van der Waals surface area contributed by atoms with Crippen LogP contribution in [0.3, 0.4) is 0 Å². The van der Waals surface area contributed by atoms with Crippen molar-refractivity contribution in [2.45, 2.75) is 51.5 Å². The summed E-state index contributed by atoms with van der Waals surface area (Å²) in [5.41, 5.74) is -0.753. The van der Waals surface area contributed by atoms with Crippen LogP contribution in [0.1, 0.15) is 55.9 Å². The summed E-state index contributed by atoms with van der Waals surface area (Å²) in [4.78, 5) is 32.4. The Hall–Kier alpha value is -2.49. The summed E-state index contributed by atoms with van der Waals surface area (Å²) in [5, 5.41) is 15.0. The molecule has 1 aromatic heterocycles. The van der Waals surface area contributed by atoms with Gasteiger partial charge >= 0.3 is 0 Å². The van der Waals surface area contributed by atoms with Crippen LogP contribution in [0.2, 0.25) is 5.02 Å². The zero-order chi connectivity index (χ0) is 26.9. The summed E-state index contributed by atoms with van der Waals surface area (Å²) in [5.74, 6) is -1.27. The Morgan fingerprint density at radius 3 is 2.36 bits per heavy atom. The van der Waals surface area contributed by atoms with Crippen molar-refractivity contribution in [3.63, 3.8) is 0 Å². The number of likely N-dealkylation sites (tertiary alicyclic amines) is 1. The lowest BCUT2D eigenvalue weighted by atomic mass is 9.66. The molecule has 196 valence electrons. The highest BCUT2D eigenvalue weighted by Gasteiger charge is 2.50. The maximum atomic E-state index is 13.6. The summed E-state index contributed by atoms with van der Waals surface area (Å²) >= 11 is 6.02. The van der Waals surface area contributed by atoms with Crippen molar-refractivity contribution in [1.82, 2.24) is 15.2 Å². The first-order chi connectivity index (χ1) is 16.6. The van der Waals surface area contributed by atoms with Gasteiger partial charge in [0, 0.05) is 29.8 Å². The number of halogens is 1. The van der Waals surface area contributed by atoms with Crippen molar-refractivity contribution < 1.29 is 23.1 Å². The summed E-state index contributed by atoms with van der Waals surface area (Å²) < 4.78 is 23.2. The molecule has 1 aromatic carbocycles. The van der Waals surface area contributed by atoms with Crippen molar-refractivity contribution in [3.8, 4) is 0 Å². The van der Waals surface area contributed by atoms with Crippen LogP contribution in [-0.4, -0.2) is 60.6 Å². The highest BCUT2D eigenvalue weighted by atomic mass is 35.5. The largest absolute Gasteiger partial charge is 0.384 e. The molecule has 10 heteroatoms. The molecule has 1 fully saturated rings. The molecule has 2 atom stereocenters. The van der Waals surface area contributed by atoms with E-state index in [4.69, 9.17) is 11.6 Å². The van der Waals surface area contributed by atoms with Crippen molar-refractivity contribution in [1.29, 1.82) is 0 Å². The minimum Gasteiger partial charge on any atom is -0.384 e. The van der Waals surface area contributed by atoms with Gasteiger partial charge in [0.2, 0.25) is 5.91 Å². The third-order valence-corrected chi connectivity index (χ3v) is 7.82. The van der Waals surface area contributed by atoms with Gasteiger partial charge in [-0.25, -0.2) is 13.4 Å². The van der Waals surface area contributed by atoms with Gasteiger partial charge in [-0.15, -0.1) is 0 Å². The quantitative estimate of drug-likeness (QED) is 0.562. The molecule has 0 radical (unpaired) electrons. The number of carbonyl (C=O) groups excluding carboxylic acids is 2. The van der Waals surface area contributed by atoms with Gasteiger partial charge in [0.1, 0.15) is 11.7 Å². The zero-order valence-corrected chi connectivity index (χ0v) is 22.9. The topological polar surface area (TPSA) is 117 Å². The Balaban J connectivity index is 1.76. The van der Waals surface area contributed by atoms with Crippen LogP contribution < -0.4 is 5.32 Å². The Labute approximate surface area is 218 Å². The fourth-order valence-corrected chi connectivity index (χ4v) is 5.48. The third kappa shape index (κ3) is 6.25. The fourth-order valence-electron chi connectivity index (χ4n) is 4.65. The van der Waals surface area contributed by atoms with E-state index in [-0.39, 0.29) is 29.0 Å². The van der Waals surface area contributed by atoms with Crippen LogP contribution in [0, 0.1) is 11.3 Å². The van der Waals surface area contributed by atoms with Gasteiger partial charge in [-0.1, -0.05) is 57.5 Å². The molecule has 1 aliphatic rings. The number of hydrogen-bond acceptors (Lipinski definition) is 6. The second-order valence-corrected chi connectivity index (χ2v) is 13.1. The average Bonchev–Trinajstić information content (AvgIpc) is 2.78. The van der Waals surface area contributed by atoms with Gasteiger partial charge in [-0.05, 0) is 42.2 Å². The van der Waals surface area contributed by atoms with E-state index >= 15 is 0 Å². The Morgan fingerprint density at radius 2 is 1.81 bits per heavy atom. The zero-order valence-electron chi connectivity index (χ0n) is 21.3. The molecule has 0 bridgehead atoms. The maximum Gasteiger partial charge on any atom is 0.270 e. The van der Waals surface area contributed by atoms with Crippen molar-refractivity contribution >= 4 is 33.3 Å². The summed E-state index contributed by atoms with van der Waals surface area (Å²) in [7, 11) is -3.31. The molecule has 0 unspecified atom stereocenters. The van der Waals surface area contributed by atoms with E-state index in [9.17, 15) is 23.1 Å². The van der Waals surface area contributed by atoms with E-state index in [1.807, 2.05) is 39.8 Å². The molecule has 0 spiro atoms. The lowest BCUT2D eigenvalue weighted by Crippen LogP contribution is -2.60. The summed E-state index contributed by atoms with van der Waals surface area (Å²) in [6.07, 6.45) is 1.43. The van der Waals surface area contributed by atoms with Crippen LogP contribution in [0.15, 0.2) is 42.5 Å². The van der Waals surface area contributed by atoms with Gasteiger partial charge in [0.15, 0.2) is 9.84 Å². The number of amides is 2. The lowest BCUT2D eigenvalue weighted by Gasteiger charge is -2.51. The molecule has 1 aliphatic heterocycles. The first-order valence-electron chi connectivity index (χ1n) is 11.8. The smallest absolute Gasteiger partial charge is 0.270 e. The van der Waals surface area contributed by atoms with Crippen LogP contribution >= 0.6 is 11.6 Å². The number of nitrogens with one attached hydrogen (secondary N) is 1. The molecule has 36 heavy (non-hydrogen) atoms. The molecule has 0 saturated carbocycles. The van der Waals surface area contributed by atoms with E-state index in [0.717, 1.165) is 11.8 Å². The number of nitrogens with zero attached hydrogens (tertiary/aromatic N) is 2. The van der Waals surface area contributed by atoms with Crippen LogP contribution in [0.25, 0.3) is 0 Å². The van der Waals surface area contributed by atoms with E-state index < -0.39 is 32.8 Å². The number of hydrogen-bond donors (Lipinski definition) is 2. The molecule has 2 N–H and O–H groups in total. The van der Waals surface area contributed by atoms with E-state index in [0.29, 0.717) is 24.5 Å². The average molecular weight is 536 g/mol. The highest BCUT2D eigenvalue weighted by Crippen LogP contribution is 2.46. The number of aliphatic hydroxyl groups is 1. The van der Waals surface area contributed by atoms with Gasteiger partial charge < -0.3 is 15.3 Å². The minimum atomic E-state index is -3.31. The summed E-state index contributed by atoms with van der Waals surface area (Å²) in [6.45, 7) is 8.14. The predicted octanol–water partition coefficient (Wildman–Crippen LogP) is 3.18. The monoisotopic (exact) mass is 535 g/mol. The van der Waals surface area contributed by atoms with Crippen LogP contribution in [0.5, 0.6) is 0 Å². The molecule has 2 heterocycles. The number of benzene rings is 1. The molecule has 0 aliphatic carbocycles. The Kier molecular flexibility index (Phi) is 8.17. The molecule has 2 amide bonds. The van der Waals surface area contributed by atoms with Gasteiger partial charge in [-0.3, -0.25) is 9.59 Å². The highest BCUT2D eigenvalue weighted by molar-refractivity contribution is 7.89. The maximum absolute atomic E-state index is 13.6. The van der Waals surface area contributed by atoms with Crippen molar-refractivity contribution in [3.05, 3.63) is 64.4 Å². The Morgan fingerprint density at radius 1 is 1.17 bits per heavy atom. The SMILES string of the molecule is CC(C)[C@@H](NC(=O)c1cccc(CS(C)(=O)=O)n1)C(=O)N1CC[C@](O)(c2ccc(Cl)cc2)C(C)(C)C1. The number of pyridine rings is 1. The third-order valence-electron chi connectivity index (χ3n) is 6.75. The second-order valence-electron chi connectivity index (χ2n) is 10.5. The fraction of sp³-hybridized carbons (Fsp3) is 0.500.